The van der Waals surface area contributed by atoms with Crippen molar-refractivity contribution in [3.63, 3.8) is 0 Å². The summed E-state index contributed by atoms with van der Waals surface area (Å²) in [4.78, 5) is 35.9. The largest absolute Gasteiger partial charge is 0.481 e. The number of carbonyl (C=O) groups is 1. The molecular weight excluding hydrogens is 366 g/mol. The Kier molecular flexibility index (Phi) is 6.46. The minimum absolute atomic E-state index is 0.312. The van der Waals surface area contributed by atoms with Gasteiger partial charge in [0.15, 0.2) is 0 Å². The number of carboxylic acids is 1. The van der Waals surface area contributed by atoms with Crippen molar-refractivity contribution in [2.24, 2.45) is 5.92 Å². The lowest BCUT2D eigenvalue weighted by molar-refractivity contribution is -0.141. The third-order valence-corrected chi connectivity index (χ3v) is 5.36. The smallest absolute Gasteiger partial charge is 0.306 e. The Balaban J connectivity index is 1.87. The number of allylic oxidation sites excluding steroid dienone is 2. The summed E-state index contributed by atoms with van der Waals surface area (Å²) in [5, 5.41) is 9.36. The molecule has 1 N–H and O–H groups in total. The molecule has 3 rings (SSSR count). The number of hydrogen-bond donors (Lipinski definition) is 1. The van der Waals surface area contributed by atoms with Gasteiger partial charge in [-0.2, -0.15) is 0 Å². The molecule has 5 heteroatoms. The number of carbonyl (C=O) groups excluding carboxylic acids is 2. The van der Waals surface area contributed by atoms with Crippen LogP contribution >= 0.6 is 0 Å². The van der Waals surface area contributed by atoms with E-state index in [0.717, 1.165) is 16.7 Å². The first-order chi connectivity index (χ1) is 14.0. The van der Waals surface area contributed by atoms with Crippen LogP contribution in [0.15, 0.2) is 66.0 Å². The van der Waals surface area contributed by atoms with Crippen molar-refractivity contribution in [1.29, 1.82) is 0 Å². The summed E-state index contributed by atoms with van der Waals surface area (Å²) in [5.74, 6) is 2.34. The first-order valence-electron chi connectivity index (χ1n) is 9.67. The van der Waals surface area contributed by atoms with E-state index >= 15 is 0 Å². The Labute approximate surface area is 170 Å². The zero-order valence-electron chi connectivity index (χ0n) is 16.3. The summed E-state index contributed by atoms with van der Waals surface area (Å²) in [7, 11) is 0. The van der Waals surface area contributed by atoms with Gasteiger partial charge in [-0.1, -0.05) is 61.5 Å². The van der Waals surface area contributed by atoms with Crippen molar-refractivity contribution >= 4 is 17.9 Å². The molecule has 0 aliphatic carbocycles. The normalized spacial score (nSPS) is 15.6. The van der Waals surface area contributed by atoms with E-state index in [1.165, 1.54) is 0 Å². The Morgan fingerprint density at radius 1 is 0.966 bits per heavy atom. The van der Waals surface area contributed by atoms with E-state index in [9.17, 15) is 19.5 Å². The van der Waals surface area contributed by atoms with E-state index in [2.05, 4.69) is 0 Å². The highest BCUT2D eigenvalue weighted by Crippen LogP contribution is 2.33. The third-order valence-electron chi connectivity index (χ3n) is 5.36. The van der Waals surface area contributed by atoms with Crippen molar-refractivity contribution in [2.45, 2.75) is 38.6 Å². The molecular formula is C24H23NO4. The Bertz CT molecular complexity index is 942. The van der Waals surface area contributed by atoms with Crippen molar-refractivity contribution in [3.8, 4) is 11.1 Å². The second kappa shape index (κ2) is 9.20. The maximum Gasteiger partial charge on any atom is 0.306 e. The molecule has 0 spiro atoms. The lowest BCUT2D eigenvalue weighted by Gasteiger charge is -2.30. The average Bonchev–Trinajstić information content (AvgIpc) is 3.17. The highest BCUT2D eigenvalue weighted by molar-refractivity contribution is 5.69. The van der Waals surface area contributed by atoms with Gasteiger partial charge in [-0.15, -0.1) is 0 Å². The fourth-order valence-electron chi connectivity index (χ4n) is 3.81. The number of carboxylic acid groups (broad SMARTS) is 1. The summed E-state index contributed by atoms with van der Waals surface area (Å²) in [5.41, 5.74) is 4.01. The first kappa shape index (κ1) is 20.3. The topological polar surface area (TPSA) is 74.7 Å². The fraction of sp³-hybridized carbons (Fsp3) is 0.292. The van der Waals surface area contributed by atoms with Gasteiger partial charge < -0.3 is 10.0 Å². The molecule has 1 aliphatic rings. The molecule has 2 unspecified atom stereocenters. The predicted octanol–water partition coefficient (Wildman–Crippen LogP) is 3.90. The second-order valence-electron chi connectivity index (χ2n) is 7.36. The number of benzene rings is 2. The van der Waals surface area contributed by atoms with Crippen LogP contribution in [0.4, 0.5) is 0 Å². The third kappa shape index (κ3) is 4.72. The fourth-order valence-corrected chi connectivity index (χ4v) is 3.81. The molecule has 29 heavy (non-hydrogen) atoms. The molecule has 148 valence electrons. The Hall–Kier alpha value is -3.39. The van der Waals surface area contributed by atoms with Gasteiger partial charge >= 0.3 is 5.97 Å². The van der Waals surface area contributed by atoms with Crippen LogP contribution in [0.2, 0.25) is 0 Å². The van der Waals surface area contributed by atoms with Gasteiger partial charge in [0.2, 0.25) is 0 Å². The van der Waals surface area contributed by atoms with E-state index in [4.69, 9.17) is 0 Å². The lowest BCUT2D eigenvalue weighted by Crippen LogP contribution is -2.35. The number of aliphatic carboxylic acids is 1. The van der Waals surface area contributed by atoms with E-state index in [1.54, 1.807) is 11.8 Å². The molecule has 2 aromatic carbocycles. The highest BCUT2D eigenvalue weighted by Gasteiger charge is 2.33. The van der Waals surface area contributed by atoms with Crippen molar-refractivity contribution in [1.82, 2.24) is 4.90 Å². The summed E-state index contributed by atoms with van der Waals surface area (Å²) in [6.07, 6.45) is 1.69. The summed E-state index contributed by atoms with van der Waals surface area (Å²) in [6, 6.07) is 17.8. The molecule has 0 aromatic heterocycles. The monoisotopic (exact) mass is 389 g/mol. The minimum Gasteiger partial charge on any atom is -0.481 e. The molecule has 1 saturated heterocycles. The van der Waals surface area contributed by atoms with E-state index in [-0.39, 0.29) is 6.04 Å². The number of rotatable bonds is 7. The molecule has 0 radical (unpaired) electrons. The van der Waals surface area contributed by atoms with E-state index < -0.39 is 11.9 Å². The van der Waals surface area contributed by atoms with Crippen LogP contribution in [0.3, 0.4) is 0 Å². The molecule has 0 saturated carbocycles. The van der Waals surface area contributed by atoms with Crippen molar-refractivity contribution in [3.05, 3.63) is 71.6 Å². The van der Waals surface area contributed by atoms with Gasteiger partial charge in [0.05, 0.1) is 5.92 Å². The van der Waals surface area contributed by atoms with E-state index in [1.807, 2.05) is 66.5 Å². The molecule has 2 atom stereocenters. The maximum atomic E-state index is 11.4. The number of nitrogens with zero attached hydrogens (tertiary/aromatic N) is 1. The molecule has 0 bridgehead atoms. The van der Waals surface area contributed by atoms with Crippen molar-refractivity contribution < 1.29 is 19.5 Å². The molecule has 1 fully saturated rings. The summed E-state index contributed by atoms with van der Waals surface area (Å²) >= 11 is 0. The maximum absolute atomic E-state index is 11.4. The van der Waals surface area contributed by atoms with Gasteiger partial charge in [-0.25, -0.2) is 9.59 Å². The first-order valence-corrected chi connectivity index (χ1v) is 9.67. The van der Waals surface area contributed by atoms with Crippen LogP contribution < -0.4 is 0 Å². The van der Waals surface area contributed by atoms with Gasteiger partial charge in [0.1, 0.15) is 23.3 Å². The van der Waals surface area contributed by atoms with Crippen LogP contribution in [0, 0.1) is 5.92 Å². The molecule has 5 nitrogen and oxygen atoms in total. The predicted molar refractivity (Wildman–Crippen MR) is 110 cm³/mol. The van der Waals surface area contributed by atoms with Gasteiger partial charge in [0, 0.05) is 18.9 Å². The minimum atomic E-state index is -0.901. The number of likely N-dealkylation sites (tertiary alicyclic amines) is 1. The number of hydrogen-bond acceptors (Lipinski definition) is 4. The van der Waals surface area contributed by atoms with Crippen LogP contribution in [0.1, 0.15) is 31.7 Å². The van der Waals surface area contributed by atoms with E-state index in [0.29, 0.717) is 37.1 Å². The SMILES string of the molecule is CC(CC(Cc1ccc(-c2ccccc2)cc1)N1C(=C=O)CCC1=C=O)C(=O)O. The van der Waals surface area contributed by atoms with Gasteiger partial charge in [0.25, 0.3) is 0 Å². The summed E-state index contributed by atoms with van der Waals surface area (Å²) < 4.78 is 0. The second-order valence-corrected chi connectivity index (χ2v) is 7.36. The zero-order valence-corrected chi connectivity index (χ0v) is 16.3. The molecule has 1 aliphatic heterocycles. The molecule has 0 amide bonds. The van der Waals surface area contributed by atoms with Gasteiger partial charge in [-0.3, -0.25) is 4.79 Å². The van der Waals surface area contributed by atoms with Crippen LogP contribution in [-0.4, -0.2) is 33.9 Å². The van der Waals surface area contributed by atoms with Crippen molar-refractivity contribution in [2.75, 3.05) is 0 Å². The van der Waals surface area contributed by atoms with Crippen LogP contribution in [0.25, 0.3) is 11.1 Å². The lowest BCUT2D eigenvalue weighted by atomic mass is 9.93. The van der Waals surface area contributed by atoms with Crippen LogP contribution in [-0.2, 0) is 20.8 Å². The van der Waals surface area contributed by atoms with Crippen LogP contribution in [0.5, 0.6) is 0 Å². The molecule has 1 heterocycles. The summed E-state index contributed by atoms with van der Waals surface area (Å²) in [6.45, 7) is 1.64. The quantitative estimate of drug-likeness (QED) is 0.727. The molecule has 2 aromatic rings. The average molecular weight is 389 g/mol. The van der Waals surface area contributed by atoms with Gasteiger partial charge in [-0.05, 0) is 29.5 Å². The zero-order chi connectivity index (χ0) is 20.8. The standard InChI is InChI=1S/C24H23NO4/c1-17(24(28)29)13-23(25-21(15-26)11-12-22(25)16-27)14-18-7-9-20(10-8-18)19-5-3-2-4-6-19/h2-10,17,23H,11-14H2,1H3,(H,28,29). The Morgan fingerprint density at radius 2 is 1.52 bits per heavy atom. The highest BCUT2D eigenvalue weighted by atomic mass is 16.4. The Morgan fingerprint density at radius 3 is 2.03 bits per heavy atom.